The molecule has 0 aliphatic rings. The van der Waals surface area contributed by atoms with Crippen LogP contribution >= 0.6 is 0 Å². The first-order chi connectivity index (χ1) is 7.70. The Bertz CT molecular complexity index is 507. The van der Waals surface area contributed by atoms with Crippen LogP contribution in [0.25, 0.3) is 11.0 Å². The van der Waals surface area contributed by atoms with Crippen molar-refractivity contribution in [1.29, 1.82) is 0 Å². The van der Waals surface area contributed by atoms with Gasteiger partial charge in [-0.3, -0.25) is 10.2 Å². The Morgan fingerprint density at radius 3 is 3.12 bits per heavy atom. The quantitative estimate of drug-likeness (QED) is 0.329. The molecule has 16 heavy (non-hydrogen) atoms. The van der Waals surface area contributed by atoms with E-state index in [-0.39, 0.29) is 18.4 Å². The fraction of sp³-hybridized carbons (Fsp3) is 0.200. The summed E-state index contributed by atoms with van der Waals surface area (Å²) in [5.74, 6) is 4.72. The molecule has 0 bridgehead atoms. The van der Waals surface area contributed by atoms with Gasteiger partial charge in [0.15, 0.2) is 0 Å². The van der Waals surface area contributed by atoms with E-state index in [1.807, 2.05) is 18.2 Å². The minimum Gasteiger partial charge on any atom is -0.345 e. The Morgan fingerprint density at radius 2 is 2.38 bits per heavy atom. The van der Waals surface area contributed by atoms with E-state index in [0.29, 0.717) is 0 Å². The van der Waals surface area contributed by atoms with Gasteiger partial charge >= 0.3 is 0 Å². The smallest absolute Gasteiger partial charge is 0.235 e. The van der Waals surface area contributed by atoms with Crippen molar-refractivity contribution < 1.29 is 4.79 Å². The highest BCUT2D eigenvalue weighted by molar-refractivity contribution is 5.77. The third-order valence-corrected chi connectivity index (χ3v) is 2.44. The molecule has 1 atom stereocenters. The van der Waals surface area contributed by atoms with Crippen LogP contribution in [-0.2, 0) is 4.79 Å². The van der Waals surface area contributed by atoms with Gasteiger partial charge in [0.2, 0.25) is 5.91 Å². The monoisotopic (exact) mass is 219 g/mol. The van der Waals surface area contributed by atoms with Crippen LogP contribution in [0, 0.1) is 0 Å². The standard InChI is InChI=1S/C10H13N5O/c11-7(4-10(16)15-12)6-1-2-8-9(3-6)14-5-13-8/h1-3,5,7H,4,11-12H2,(H,13,14)(H,15,16). The molecule has 6 N–H and O–H groups in total. The van der Waals surface area contributed by atoms with E-state index in [4.69, 9.17) is 11.6 Å². The highest BCUT2D eigenvalue weighted by Crippen LogP contribution is 2.18. The van der Waals surface area contributed by atoms with Crippen molar-refractivity contribution >= 4 is 16.9 Å². The summed E-state index contributed by atoms with van der Waals surface area (Å²) in [4.78, 5) is 18.2. The molecule has 0 spiro atoms. The first-order valence-corrected chi connectivity index (χ1v) is 4.89. The zero-order chi connectivity index (χ0) is 11.5. The number of hydrogen-bond acceptors (Lipinski definition) is 4. The van der Waals surface area contributed by atoms with Crippen molar-refractivity contribution in [1.82, 2.24) is 15.4 Å². The molecule has 6 heteroatoms. The van der Waals surface area contributed by atoms with Crippen LogP contribution in [0.4, 0.5) is 0 Å². The number of hydrogen-bond donors (Lipinski definition) is 4. The minimum absolute atomic E-state index is 0.163. The Balaban J connectivity index is 2.22. The molecular weight excluding hydrogens is 206 g/mol. The number of H-pyrrole nitrogens is 1. The molecule has 6 nitrogen and oxygen atoms in total. The third kappa shape index (κ3) is 2.02. The van der Waals surface area contributed by atoms with Crippen LogP contribution in [-0.4, -0.2) is 15.9 Å². The van der Waals surface area contributed by atoms with E-state index in [2.05, 4.69) is 15.4 Å². The number of amides is 1. The highest BCUT2D eigenvalue weighted by Gasteiger charge is 2.11. The highest BCUT2D eigenvalue weighted by atomic mass is 16.2. The number of benzene rings is 1. The summed E-state index contributed by atoms with van der Waals surface area (Å²) in [5, 5.41) is 0. The predicted octanol–water partition coefficient (Wildman–Crippen LogP) is -0.0573. The van der Waals surface area contributed by atoms with Crippen molar-refractivity contribution in [3.8, 4) is 0 Å². The molecule has 0 aliphatic carbocycles. The number of fused-ring (bicyclic) bond motifs is 1. The second-order valence-corrected chi connectivity index (χ2v) is 3.56. The second kappa shape index (κ2) is 4.30. The van der Waals surface area contributed by atoms with Crippen molar-refractivity contribution in [2.45, 2.75) is 12.5 Å². The number of nitrogens with one attached hydrogen (secondary N) is 2. The number of carbonyl (C=O) groups excluding carboxylic acids is 1. The van der Waals surface area contributed by atoms with E-state index in [9.17, 15) is 4.79 Å². The topological polar surface area (TPSA) is 110 Å². The number of aromatic amines is 1. The fourth-order valence-corrected chi connectivity index (χ4v) is 1.56. The van der Waals surface area contributed by atoms with Gasteiger partial charge in [-0.15, -0.1) is 0 Å². The molecule has 1 unspecified atom stereocenters. The maximum Gasteiger partial charge on any atom is 0.235 e. The first-order valence-electron chi connectivity index (χ1n) is 4.89. The SMILES string of the molecule is NNC(=O)CC(N)c1ccc2nc[nH]c2c1. The van der Waals surface area contributed by atoms with E-state index in [1.165, 1.54) is 0 Å². The van der Waals surface area contributed by atoms with E-state index in [1.54, 1.807) is 6.33 Å². The second-order valence-electron chi connectivity index (χ2n) is 3.56. The minimum atomic E-state index is -0.365. The molecule has 1 heterocycles. The average molecular weight is 219 g/mol. The van der Waals surface area contributed by atoms with Crippen molar-refractivity contribution in [3.63, 3.8) is 0 Å². The molecule has 2 aromatic rings. The zero-order valence-electron chi connectivity index (χ0n) is 8.60. The Hall–Kier alpha value is -1.92. The number of nitrogens with zero attached hydrogens (tertiary/aromatic N) is 1. The van der Waals surface area contributed by atoms with Gasteiger partial charge in [0.1, 0.15) is 0 Å². The summed E-state index contributed by atoms with van der Waals surface area (Å²) in [6.45, 7) is 0. The Morgan fingerprint density at radius 1 is 1.56 bits per heavy atom. The van der Waals surface area contributed by atoms with Crippen molar-refractivity contribution in [2.24, 2.45) is 11.6 Å². The summed E-state index contributed by atoms with van der Waals surface area (Å²) in [5.41, 5.74) is 10.6. The maximum absolute atomic E-state index is 11.1. The van der Waals surface area contributed by atoms with Crippen molar-refractivity contribution in [3.05, 3.63) is 30.1 Å². The number of nitrogens with two attached hydrogens (primary N) is 2. The number of rotatable bonds is 3. The predicted molar refractivity (Wildman–Crippen MR) is 60.0 cm³/mol. The van der Waals surface area contributed by atoms with Gasteiger partial charge in [0.25, 0.3) is 0 Å². The Kier molecular flexibility index (Phi) is 2.84. The van der Waals surface area contributed by atoms with E-state index < -0.39 is 0 Å². The lowest BCUT2D eigenvalue weighted by Gasteiger charge is -2.10. The van der Waals surface area contributed by atoms with Crippen LogP contribution in [0.2, 0.25) is 0 Å². The number of aromatic nitrogens is 2. The van der Waals surface area contributed by atoms with Gasteiger partial charge in [0.05, 0.1) is 17.4 Å². The molecule has 0 fully saturated rings. The molecule has 1 amide bonds. The van der Waals surface area contributed by atoms with Gasteiger partial charge in [-0.2, -0.15) is 0 Å². The number of carbonyl (C=O) groups is 1. The maximum atomic E-state index is 11.1. The molecule has 2 rings (SSSR count). The molecule has 84 valence electrons. The van der Waals surface area contributed by atoms with E-state index >= 15 is 0 Å². The normalized spacial score (nSPS) is 12.6. The molecule has 1 aromatic heterocycles. The summed E-state index contributed by atoms with van der Waals surface area (Å²) in [6, 6.07) is 5.24. The Labute approximate surface area is 92.0 Å². The van der Waals surface area contributed by atoms with Gasteiger partial charge in [0, 0.05) is 12.5 Å². The summed E-state index contributed by atoms with van der Waals surface area (Å²) >= 11 is 0. The molecule has 0 radical (unpaired) electrons. The molecule has 0 saturated carbocycles. The number of imidazole rings is 1. The van der Waals surface area contributed by atoms with Gasteiger partial charge in [-0.25, -0.2) is 10.8 Å². The number of hydrazine groups is 1. The largest absolute Gasteiger partial charge is 0.345 e. The molecule has 0 aliphatic heterocycles. The van der Waals surface area contributed by atoms with Crippen LogP contribution in [0.1, 0.15) is 18.0 Å². The van der Waals surface area contributed by atoms with Crippen LogP contribution in [0.3, 0.4) is 0 Å². The lowest BCUT2D eigenvalue weighted by molar-refractivity contribution is -0.121. The first kappa shape index (κ1) is 10.6. The fourth-order valence-electron chi connectivity index (χ4n) is 1.56. The zero-order valence-corrected chi connectivity index (χ0v) is 8.60. The lowest BCUT2D eigenvalue weighted by Crippen LogP contribution is -2.32. The van der Waals surface area contributed by atoms with Gasteiger partial charge in [-0.1, -0.05) is 6.07 Å². The molecule has 0 saturated heterocycles. The van der Waals surface area contributed by atoms with E-state index in [0.717, 1.165) is 16.6 Å². The summed E-state index contributed by atoms with van der Waals surface area (Å²) in [7, 11) is 0. The van der Waals surface area contributed by atoms with Crippen LogP contribution in [0.5, 0.6) is 0 Å². The third-order valence-electron chi connectivity index (χ3n) is 2.44. The summed E-state index contributed by atoms with van der Waals surface area (Å²) in [6.07, 6.45) is 1.78. The van der Waals surface area contributed by atoms with Gasteiger partial charge < -0.3 is 10.7 Å². The van der Waals surface area contributed by atoms with Gasteiger partial charge in [-0.05, 0) is 17.7 Å². The van der Waals surface area contributed by atoms with Crippen LogP contribution in [0.15, 0.2) is 24.5 Å². The summed E-state index contributed by atoms with van der Waals surface area (Å²) < 4.78 is 0. The average Bonchev–Trinajstić information content (AvgIpc) is 2.75. The van der Waals surface area contributed by atoms with Crippen molar-refractivity contribution in [2.75, 3.05) is 0 Å². The molecule has 1 aromatic carbocycles. The van der Waals surface area contributed by atoms with Crippen LogP contribution < -0.4 is 17.0 Å². The molecular formula is C10H13N5O. The lowest BCUT2D eigenvalue weighted by atomic mass is 10.0.